The van der Waals surface area contributed by atoms with E-state index in [1.807, 2.05) is 17.0 Å². The van der Waals surface area contributed by atoms with Gasteiger partial charge in [-0.25, -0.2) is 0 Å². The first-order valence-electron chi connectivity index (χ1n) is 5.55. The zero-order chi connectivity index (χ0) is 11.1. The molecule has 1 N–H and O–H groups in total. The average Bonchev–Trinajstić information content (AvgIpc) is 2.61. The molecule has 0 saturated heterocycles. The summed E-state index contributed by atoms with van der Waals surface area (Å²) >= 11 is 0. The van der Waals surface area contributed by atoms with Crippen molar-refractivity contribution in [2.75, 3.05) is 6.54 Å². The van der Waals surface area contributed by atoms with Crippen molar-refractivity contribution in [2.24, 2.45) is 0 Å². The van der Waals surface area contributed by atoms with E-state index < -0.39 is 0 Å². The van der Waals surface area contributed by atoms with Gasteiger partial charge in [0, 0.05) is 18.8 Å². The molecule has 0 aromatic carbocycles. The molecule has 1 heterocycles. The smallest absolute Gasteiger partial charge is 0.0534 e. The van der Waals surface area contributed by atoms with E-state index in [-0.39, 0.29) is 0 Å². The van der Waals surface area contributed by atoms with Crippen LogP contribution in [0.15, 0.2) is 25.0 Å². The third-order valence-electron chi connectivity index (χ3n) is 2.40. The topological polar surface area (TPSA) is 29.9 Å². The number of hydrogen-bond acceptors (Lipinski definition) is 2. The fraction of sp³-hybridized carbons (Fsp3) is 0.583. The van der Waals surface area contributed by atoms with Crippen LogP contribution in [-0.4, -0.2) is 22.4 Å². The van der Waals surface area contributed by atoms with Gasteiger partial charge in [-0.15, -0.1) is 6.58 Å². The summed E-state index contributed by atoms with van der Waals surface area (Å²) in [5.74, 6) is 0. The van der Waals surface area contributed by atoms with Crippen LogP contribution in [0.4, 0.5) is 0 Å². The van der Waals surface area contributed by atoms with Gasteiger partial charge in [0.25, 0.3) is 0 Å². The van der Waals surface area contributed by atoms with Crippen molar-refractivity contribution < 1.29 is 0 Å². The van der Waals surface area contributed by atoms with Crippen molar-refractivity contribution in [1.82, 2.24) is 15.1 Å². The molecule has 1 atom stereocenters. The number of aryl methyl sites for hydroxylation is 1. The monoisotopic (exact) mass is 207 g/mol. The third kappa shape index (κ3) is 4.79. The van der Waals surface area contributed by atoms with Gasteiger partial charge < -0.3 is 5.32 Å². The van der Waals surface area contributed by atoms with Gasteiger partial charge in [0.2, 0.25) is 0 Å². The average molecular weight is 207 g/mol. The van der Waals surface area contributed by atoms with E-state index in [4.69, 9.17) is 0 Å². The molecule has 3 heteroatoms. The SMILES string of the molecule is C=CCCC(C)NCCn1cc(C)cn1. The Bertz CT molecular complexity index is 291. The highest BCUT2D eigenvalue weighted by Gasteiger charge is 1.99. The van der Waals surface area contributed by atoms with Gasteiger partial charge in [0.15, 0.2) is 0 Å². The van der Waals surface area contributed by atoms with Crippen LogP contribution < -0.4 is 5.32 Å². The van der Waals surface area contributed by atoms with Crippen molar-refractivity contribution in [1.29, 1.82) is 0 Å². The summed E-state index contributed by atoms with van der Waals surface area (Å²) in [6, 6.07) is 0.555. The lowest BCUT2D eigenvalue weighted by molar-refractivity contribution is 0.478. The third-order valence-corrected chi connectivity index (χ3v) is 2.40. The quantitative estimate of drug-likeness (QED) is 0.694. The minimum absolute atomic E-state index is 0.555. The first kappa shape index (κ1) is 12.0. The van der Waals surface area contributed by atoms with Crippen LogP contribution in [0, 0.1) is 6.92 Å². The summed E-state index contributed by atoms with van der Waals surface area (Å²) in [5.41, 5.74) is 1.22. The van der Waals surface area contributed by atoms with E-state index in [2.05, 4.69) is 37.0 Å². The summed E-state index contributed by atoms with van der Waals surface area (Å²) in [5, 5.41) is 7.70. The van der Waals surface area contributed by atoms with Crippen molar-refractivity contribution in [3.05, 3.63) is 30.6 Å². The summed E-state index contributed by atoms with van der Waals surface area (Å²) in [7, 11) is 0. The maximum atomic E-state index is 4.24. The molecular weight excluding hydrogens is 186 g/mol. The van der Waals surface area contributed by atoms with Crippen LogP contribution in [0.5, 0.6) is 0 Å². The molecule has 0 aliphatic rings. The Morgan fingerprint density at radius 1 is 1.67 bits per heavy atom. The molecule has 0 fully saturated rings. The molecule has 0 spiro atoms. The van der Waals surface area contributed by atoms with E-state index >= 15 is 0 Å². The Morgan fingerprint density at radius 2 is 2.47 bits per heavy atom. The van der Waals surface area contributed by atoms with Crippen molar-refractivity contribution in [2.45, 2.75) is 39.3 Å². The van der Waals surface area contributed by atoms with E-state index in [9.17, 15) is 0 Å². The number of allylic oxidation sites excluding steroid dienone is 1. The Labute approximate surface area is 92.2 Å². The number of nitrogens with zero attached hydrogens (tertiary/aromatic N) is 2. The predicted molar refractivity (Wildman–Crippen MR) is 63.9 cm³/mol. The van der Waals surface area contributed by atoms with Crippen LogP contribution in [-0.2, 0) is 6.54 Å². The predicted octanol–water partition coefficient (Wildman–Crippen LogP) is 2.14. The Morgan fingerprint density at radius 3 is 3.07 bits per heavy atom. The van der Waals surface area contributed by atoms with Gasteiger partial charge in [0.1, 0.15) is 0 Å². The second kappa shape index (κ2) is 6.40. The molecule has 0 aliphatic heterocycles. The molecule has 84 valence electrons. The van der Waals surface area contributed by atoms with Crippen molar-refractivity contribution in [3.63, 3.8) is 0 Å². The molecular formula is C12H21N3. The first-order chi connectivity index (χ1) is 7.22. The summed E-state index contributed by atoms with van der Waals surface area (Å²) in [6.45, 7) is 9.90. The largest absolute Gasteiger partial charge is 0.312 e. The minimum Gasteiger partial charge on any atom is -0.312 e. The van der Waals surface area contributed by atoms with Crippen LogP contribution in [0.2, 0.25) is 0 Å². The fourth-order valence-electron chi connectivity index (χ4n) is 1.48. The molecule has 3 nitrogen and oxygen atoms in total. The van der Waals surface area contributed by atoms with E-state index in [0.29, 0.717) is 6.04 Å². The second-order valence-electron chi connectivity index (χ2n) is 4.00. The number of nitrogens with one attached hydrogen (secondary N) is 1. The molecule has 0 radical (unpaired) electrons. The van der Waals surface area contributed by atoms with Crippen LogP contribution >= 0.6 is 0 Å². The fourth-order valence-corrected chi connectivity index (χ4v) is 1.48. The molecule has 0 amide bonds. The molecule has 15 heavy (non-hydrogen) atoms. The first-order valence-corrected chi connectivity index (χ1v) is 5.55. The zero-order valence-electron chi connectivity index (χ0n) is 9.74. The summed E-state index contributed by atoms with van der Waals surface area (Å²) in [4.78, 5) is 0. The van der Waals surface area contributed by atoms with Crippen molar-refractivity contribution >= 4 is 0 Å². The minimum atomic E-state index is 0.555. The molecule has 1 aromatic rings. The molecule has 0 saturated carbocycles. The number of aromatic nitrogens is 2. The lowest BCUT2D eigenvalue weighted by atomic mass is 10.2. The highest BCUT2D eigenvalue weighted by Crippen LogP contribution is 1.97. The number of hydrogen-bond donors (Lipinski definition) is 1. The van der Waals surface area contributed by atoms with Gasteiger partial charge in [-0.2, -0.15) is 5.10 Å². The van der Waals surface area contributed by atoms with Crippen molar-refractivity contribution in [3.8, 4) is 0 Å². The van der Waals surface area contributed by atoms with Gasteiger partial charge in [-0.3, -0.25) is 4.68 Å². The van der Waals surface area contributed by atoms with Crippen LogP contribution in [0.3, 0.4) is 0 Å². The Kier molecular flexibility index (Phi) is 5.12. The standard InChI is InChI=1S/C12H21N3/c1-4-5-6-12(3)13-7-8-15-10-11(2)9-14-15/h4,9-10,12-13H,1,5-8H2,2-3H3. The van der Waals surface area contributed by atoms with E-state index in [1.165, 1.54) is 5.56 Å². The molecule has 1 rings (SSSR count). The van der Waals surface area contributed by atoms with Crippen LogP contribution in [0.1, 0.15) is 25.3 Å². The molecule has 1 unspecified atom stereocenters. The van der Waals surface area contributed by atoms with Gasteiger partial charge in [0.05, 0.1) is 12.7 Å². The number of rotatable bonds is 7. The maximum Gasteiger partial charge on any atom is 0.0534 e. The maximum absolute atomic E-state index is 4.24. The lowest BCUT2D eigenvalue weighted by Gasteiger charge is -2.12. The highest BCUT2D eigenvalue weighted by atomic mass is 15.3. The Balaban J connectivity index is 2.13. The lowest BCUT2D eigenvalue weighted by Crippen LogP contribution is -2.29. The van der Waals surface area contributed by atoms with E-state index in [1.54, 1.807) is 0 Å². The molecule has 1 aromatic heterocycles. The van der Waals surface area contributed by atoms with E-state index in [0.717, 1.165) is 25.9 Å². The van der Waals surface area contributed by atoms with Crippen LogP contribution in [0.25, 0.3) is 0 Å². The zero-order valence-corrected chi connectivity index (χ0v) is 9.74. The molecule has 0 bridgehead atoms. The van der Waals surface area contributed by atoms with Gasteiger partial charge >= 0.3 is 0 Å². The molecule has 0 aliphatic carbocycles. The van der Waals surface area contributed by atoms with Gasteiger partial charge in [-0.05, 0) is 32.3 Å². The highest BCUT2D eigenvalue weighted by molar-refractivity contribution is 4.99. The Hall–Kier alpha value is -1.09. The second-order valence-corrected chi connectivity index (χ2v) is 4.00. The normalized spacial score (nSPS) is 12.7. The summed E-state index contributed by atoms with van der Waals surface area (Å²) < 4.78 is 1.97. The van der Waals surface area contributed by atoms with Gasteiger partial charge in [-0.1, -0.05) is 6.08 Å². The summed E-state index contributed by atoms with van der Waals surface area (Å²) in [6.07, 6.45) is 8.16.